The fourth-order valence-electron chi connectivity index (χ4n) is 1.76. The molecule has 19 heavy (non-hydrogen) atoms. The van der Waals surface area contributed by atoms with Gasteiger partial charge in [-0.15, -0.1) is 0 Å². The quantitative estimate of drug-likeness (QED) is 0.905. The molecule has 1 N–H and O–H groups in total. The van der Waals surface area contributed by atoms with Gasteiger partial charge in [-0.3, -0.25) is 0 Å². The molecule has 0 aliphatic rings. The van der Waals surface area contributed by atoms with Gasteiger partial charge < -0.3 is 10.2 Å². The van der Waals surface area contributed by atoms with Crippen molar-refractivity contribution in [3.05, 3.63) is 17.7 Å². The number of rotatable bonds is 4. The first-order chi connectivity index (χ1) is 8.68. The molecule has 1 rings (SSSR count). The minimum absolute atomic E-state index is 0.0321. The maximum atomic E-state index is 13.9. The standard InChI is InChI=1S/C14H23F2N3/c1-7-17-12-10(15)8-11(16)13(18-12)19(6)9(2)14(3,4)5/h8-9H,7H2,1-6H3,(H,17,18). The Balaban J connectivity index is 3.15. The molecule has 0 spiro atoms. The second-order valence-electron chi connectivity index (χ2n) is 5.81. The molecule has 0 saturated heterocycles. The summed E-state index contributed by atoms with van der Waals surface area (Å²) < 4.78 is 27.4. The molecule has 0 saturated carbocycles. The third-order valence-corrected chi connectivity index (χ3v) is 3.42. The van der Waals surface area contributed by atoms with E-state index >= 15 is 0 Å². The van der Waals surface area contributed by atoms with Crippen LogP contribution in [0.1, 0.15) is 34.6 Å². The molecule has 0 aliphatic heterocycles. The van der Waals surface area contributed by atoms with Crippen LogP contribution >= 0.6 is 0 Å². The summed E-state index contributed by atoms with van der Waals surface area (Å²) in [7, 11) is 1.77. The molecule has 1 heterocycles. The molecule has 0 aromatic carbocycles. The maximum absolute atomic E-state index is 13.9. The zero-order chi connectivity index (χ0) is 14.8. The topological polar surface area (TPSA) is 28.2 Å². The fraction of sp³-hybridized carbons (Fsp3) is 0.643. The van der Waals surface area contributed by atoms with Gasteiger partial charge in [-0.2, -0.15) is 0 Å². The normalized spacial score (nSPS) is 13.3. The summed E-state index contributed by atoms with van der Waals surface area (Å²) in [6, 6.07) is 0.945. The van der Waals surface area contributed by atoms with Crippen LogP contribution in [0.25, 0.3) is 0 Å². The summed E-state index contributed by atoms with van der Waals surface area (Å²) in [5.74, 6) is -1.05. The SMILES string of the molecule is CCNc1nc(N(C)C(C)C(C)(C)C)c(F)cc1F. The van der Waals surface area contributed by atoms with Crippen molar-refractivity contribution >= 4 is 11.6 Å². The Bertz CT molecular complexity index is 441. The molecule has 1 aromatic heterocycles. The van der Waals surface area contributed by atoms with Crippen LogP contribution in [-0.4, -0.2) is 24.6 Å². The number of nitrogens with zero attached hydrogens (tertiary/aromatic N) is 2. The third-order valence-electron chi connectivity index (χ3n) is 3.42. The Morgan fingerprint density at radius 2 is 1.89 bits per heavy atom. The first-order valence-electron chi connectivity index (χ1n) is 6.51. The molecule has 0 radical (unpaired) electrons. The van der Waals surface area contributed by atoms with E-state index in [9.17, 15) is 8.78 Å². The van der Waals surface area contributed by atoms with E-state index < -0.39 is 11.6 Å². The second-order valence-corrected chi connectivity index (χ2v) is 5.81. The number of hydrogen-bond donors (Lipinski definition) is 1. The van der Waals surface area contributed by atoms with Crippen molar-refractivity contribution in [2.24, 2.45) is 5.41 Å². The van der Waals surface area contributed by atoms with E-state index in [1.807, 2.05) is 13.8 Å². The van der Waals surface area contributed by atoms with Gasteiger partial charge in [0, 0.05) is 25.7 Å². The van der Waals surface area contributed by atoms with Crippen LogP contribution in [0, 0.1) is 17.0 Å². The van der Waals surface area contributed by atoms with E-state index in [1.54, 1.807) is 11.9 Å². The van der Waals surface area contributed by atoms with Crippen molar-refractivity contribution < 1.29 is 8.78 Å². The van der Waals surface area contributed by atoms with Crippen LogP contribution in [0.2, 0.25) is 0 Å². The van der Waals surface area contributed by atoms with Crippen molar-refractivity contribution in [3.63, 3.8) is 0 Å². The van der Waals surface area contributed by atoms with Crippen LogP contribution in [0.5, 0.6) is 0 Å². The van der Waals surface area contributed by atoms with Gasteiger partial charge in [0.2, 0.25) is 0 Å². The Morgan fingerprint density at radius 3 is 2.37 bits per heavy atom. The summed E-state index contributed by atoms with van der Waals surface area (Å²) in [6.45, 7) is 10.6. The molecule has 1 unspecified atom stereocenters. The smallest absolute Gasteiger partial charge is 0.168 e. The van der Waals surface area contributed by atoms with Crippen molar-refractivity contribution in [1.82, 2.24) is 4.98 Å². The minimum atomic E-state index is -0.667. The Morgan fingerprint density at radius 1 is 1.32 bits per heavy atom. The summed E-state index contributed by atoms with van der Waals surface area (Å²) in [5.41, 5.74) is -0.0321. The summed E-state index contributed by atoms with van der Waals surface area (Å²) >= 11 is 0. The molecule has 1 atom stereocenters. The van der Waals surface area contributed by atoms with Crippen molar-refractivity contribution in [2.45, 2.75) is 40.7 Å². The van der Waals surface area contributed by atoms with Gasteiger partial charge in [0.05, 0.1) is 0 Å². The summed E-state index contributed by atoms with van der Waals surface area (Å²) in [6.07, 6.45) is 0. The molecule has 0 bridgehead atoms. The van der Waals surface area contributed by atoms with Crippen molar-refractivity contribution in [3.8, 4) is 0 Å². The first-order valence-corrected chi connectivity index (χ1v) is 6.51. The number of nitrogens with one attached hydrogen (secondary N) is 1. The van der Waals surface area contributed by atoms with E-state index in [4.69, 9.17) is 0 Å². The Hall–Kier alpha value is -1.39. The van der Waals surface area contributed by atoms with E-state index in [1.165, 1.54) is 0 Å². The van der Waals surface area contributed by atoms with E-state index in [0.29, 0.717) is 6.54 Å². The highest BCUT2D eigenvalue weighted by molar-refractivity contribution is 5.49. The number of halogens is 2. The van der Waals surface area contributed by atoms with Gasteiger partial charge in [-0.1, -0.05) is 20.8 Å². The highest BCUT2D eigenvalue weighted by atomic mass is 19.1. The Kier molecular flexibility index (Phi) is 4.71. The summed E-state index contributed by atoms with van der Waals surface area (Å²) in [5, 5.41) is 2.80. The molecular weight excluding hydrogens is 248 g/mol. The zero-order valence-corrected chi connectivity index (χ0v) is 12.5. The molecular formula is C14H23F2N3. The van der Waals surface area contributed by atoms with Crippen LogP contribution in [0.3, 0.4) is 0 Å². The van der Waals surface area contributed by atoms with Crippen LogP contribution in [0.15, 0.2) is 6.07 Å². The minimum Gasteiger partial charge on any atom is -0.368 e. The monoisotopic (exact) mass is 271 g/mol. The average Bonchev–Trinajstić information content (AvgIpc) is 2.29. The van der Waals surface area contributed by atoms with Gasteiger partial charge in [-0.25, -0.2) is 13.8 Å². The molecule has 0 aliphatic carbocycles. The predicted octanol–water partition coefficient (Wildman–Crippen LogP) is 3.66. The van der Waals surface area contributed by atoms with Crippen LogP contribution in [-0.2, 0) is 0 Å². The average molecular weight is 271 g/mol. The zero-order valence-electron chi connectivity index (χ0n) is 12.5. The number of aromatic nitrogens is 1. The molecule has 0 amide bonds. The highest BCUT2D eigenvalue weighted by Crippen LogP contribution is 2.29. The summed E-state index contributed by atoms with van der Waals surface area (Å²) in [4.78, 5) is 5.81. The lowest BCUT2D eigenvalue weighted by Gasteiger charge is -2.36. The second kappa shape index (κ2) is 5.72. The Labute approximate surface area is 114 Å². The van der Waals surface area contributed by atoms with E-state index in [0.717, 1.165) is 6.07 Å². The number of hydrogen-bond acceptors (Lipinski definition) is 3. The lowest BCUT2D eigenvalue weighted by Crippen LogP contribution is -2.40. The van der Waals surface area contributed by atoms with Gasteiger partial charge in [0.15, 0.2) is 23.3 Å². The lowest BCUT2D eigenvalue weighted by molar-refractivity contribution is 0.326. The third kappa shape index (κ3) is 3.55. The van der Waals surface area contributed by atoms with E-state index in [2.05, 4.69) is 31.1 Å². The molecule has 1 aromatic rings. The van der Waals surface area contributed by atoms with Gasteiger partial charge in [-0.05, 0) is 19.3 Å². The number of pyridine rings is 1. The first kappa shape index (κ1) is 15.7. The fourth-order valence-corrected chi connectivity index (χ4v) is 1.76. The highest BCUT2D eigenvalue weighted by Gasteiger charge is 2.27. The van der Waals surface area contributed by atoms with Crippen LogP contribution in [0.4, 0.5) is 20.4 Å². The molecule has 5 heteroatoms. The van der Waals surface area contributed by atoms with Gasteiger partial charge >= 0.3 is 0 Å². The van der Waals surface area contributed by atoms with Crippen molar-refractivity contribution in [2.75, 3.05) is 23.8 Å². The predicted molar refractivity (Wildman–Crippen MR) is 75.6 cm³/mol. The van der Waals surface area contributed by atoms with Gasteiger partial charge in [0.25, 0.3) is 0 Å². The number of anilines is 2. The maximum Gasteiger partial charge on any atom is 0.168 e. The van der Waals surface area contributed by atoms with Crippen molar-refractivity contribution in [1.29, 1.82) is 0 Å². The lowest BCUT2D eigenvalue weighted by atomic mass is 9.87. The molecule has 3 nitrogen and oxygen atoms in total. The van der Waals surface area contributed by atoms with E-state index in [-0.39, 0.29) is 23.1 Å². The largest absolute Gasteiger partial charge is 0.368 e. The molecule has 108 valence electrons. The molecule has 0 fully saturated rings. The van der Waals surface area contributed by atoms with Gasteiger partial charge in [0.1, 0.15) is 0 Å². The van der Waals surface area contributed by atoms with Crippen LogP contribution < -0.4 is 10.2 Å².